The van der Waals surface area contributed by atoms with E-state index in [1.165, 1.54) is 0 Å². The van der Waals surface area contributed by atoms with Crippen LogP contribution < -0.4 is 15.7 Å². The number of ketones is 1. The topological polar surface area (TPSA) is 83.5 Å². The molecule has 2 rings (SSSR count). The molecule has 5 nitrogen and oxygen atoms in total. The summed E-state index contributed by atoms with van der Waals surface area (Å²) in [6.45, 7) is 10.2. The fourth-order valence-corrected chi connectivity index (χ4v) is 7.12. The quantitative estimate of drug-likeness (QED) is 0.401. The van der Waals surface area contributed by atoms with Gasteiger partial charge in [0.2, 0.25) is 0 Å². The van der Waals surface area contributed by atoms with Gasteiger partial charge in [-0.15, -0.1) is 0 Å². The van der Waals surface area contributed by atoms with Gasteiger partial charge in [0.05, 0.1) is 12.3 Å². The summed E-state index contributed by atoms with van der Waals surface area (Å²) in [6.07, 6.45) is -1.44. The number of rotatable bonds is 10. The molecule has 1 atom stereocenters. The molecule has 0 spiro atoms. The van der Waals surface area contributed by atoms with Gasteiger partial charge in [0.15, 0.2) is 8.32 Å². The minimum atomic E-state index is -3.21. The molecule has 0 radical (unpaired) electrons. The molecular weight excluding hydrogens is 427 g/mol. The molecule has 0 heterocycles. The van der Waals surface area contributed by atoms with Crippen molar-refractivity contribution in [2.24, 2.45) is 0 Å². The van der Waals surface area contributed by atoms with Crippen molar-refractivity contribution in [3.63, 3.8) is 0 Å². The molecule has 0 aliphatic rings. The molecule has 2 aromatic rings. The molecule has 31 heavy (non-hydrogen) atoms. The number of benzene rings is 2. The van der Waals surface area contributed by atoms with E-state index >= 15 is 0 Å². The van der Waals surface area contributed by atoms with Crippen molar-refractivity contribution in [3.05, 3.63) is 60.7 Å². The highest BCUT2D eigenvalue weighted by molar-refractivity contribution is 7.79. The highest BCUT2D eigenvalue weighted by Gasteiger charge is 2.40. The van der Waals surface area contributed by atoms with Gasteiger partial charge in [0, 0.05) is 29.4 Å². The molecule has 0 aliphatic carbocycles. The molecule has 7 heteroatoms. The van der Waals surface area contributed by atoms with Crippen LogP contribution in [0.25, 0.3) is 0 Å². The molecule has 0 aliphatic heterocycles. The Kier molecular flexibility index (Phi) is 8.20. The number of hydrogen-bond acceptors (Lipinski definition) is 5. The minimum Gasteiger partial charge on any atom is -0.550 e. The third-order valence-corrected chi connectivity index (χ3v) is 13.5. The van der Waals surface area contributed by atoms with Crippen molar-refractivity contribution in [1.82, 2.24) is 0 Å². The molecule has 0 fully saturated rings. The van der Waals surface area contributed by atoms with Crippen LogP contribution in [0.2, 0.25) is 18.1 Å². The zero-order valence-corrected chi connectivity index (χ0v) is 20.9. The molecule has 0 saturated heterocycles. The number of aliphatic carboxylic acids is 1. The van der Waals surface area contributed by atoms with Crippen LogP contribution in [-0.4, -0.2) is 32.3 Å². The third-order valence-electron chi connectivity index (χ3n) is 5.86. The molecule has 0 bridgehead atoms. The fraction of sp³-hybridized carbons (Fsp3) is 0.417. The second-order valence-electron chi connectivity index (χ2n) is 9.39. The lowest BCUT2D eigenvalue weighted by molar-refractivity contribution is -0.307. The van der Waals surface area contributed by atoms with Crippen LogP contribution in [0.3, 0.4) is 0 Å². The lowest BCUT2D eigenvalue weighted by atomic mass is 10.1. The highest BCUT2D eigenvalue weighted by Crippen LogP contribution is 2.44. The Labute approximate surface area is 186 Å². The summed E-state index contributed by atoms with van der Waals surface area (Å²) in [5, 5.41) is 12.4. The highest BCUT2D eigenvalue weighted by atomic mass is 31.2. The Morgan fingerprint density at radius 1 is 0.935 bits per heavy atom. The molecule has 1 unspecified atom stereocenters. The zero-order chi connectivity index (χ0) is 23.3. The van der Waals surface area contributed by atoms with Crippen LogP contribution in [0.1, 0.15) is 33.6 Å². The van der Waals surface area contributed by atoms with E-state index in [4.69, 9.17) is 4.43 Å². The number of carbonyl (C=O) groups excluding carboxylic acids is 2. The van der Waals surface area contributed by atoms with E-state index in [-0.39, 0.29) is 29.8 Å². The Morgan fingerprint density at radius 3 is 1.77 bits per heavy atom. The van der Waals surface area contributed by atoms with Gasteiger partial charge >= 0.3 is 0 Å². The monoisotopic (exact) mass is 459 g/mol. The lowest BCUT2D eigenvalue weighted by Crippen LogP contribution is -2.46. The van der Waals surface area contributed by atoms with Crippen molar-refractivity contribution in [3.8, 4) is 0 Å². The lowest BCUT2D eigenvalue weighted by Gasteiger charge is -2.39. The van der Waals surface area contributed by atoms with Crippen molar-refractivity contribution >= 4 is 37.8 Å². The second-order valence-corrected chi connectivity index (χ2v) is 17.0. The van der Waals surface area contributed by atoms with Crippen LogP contribution >= 0.6 is 7.14 Å². The summed E-state index contributed by atoms with van der Waals surface area (Å²) in [5.41, 5.74) is 0. The number of Topliss-reactive ketones (excluding diaryl/α,β-unsaturated/α-hetero) is 1. The normalized spacial score (nSPS) is 13.6. The largest absolute Gasteiger partial charge is 0.550 e. The van der Waals surface area contributed by atoms with Gasteiger partial charge in [0.1, 0.15) is 12.9 Å². The molecule has 168 valence electrons. The average molecular weight is 460 g/mol. The predicted molar refractivity (Wildman–Crippen MR) is 126 cm³/mol. The van der Waals surface area contributed by atoms with Gasteiger partial charge in [-0.2, -0.15) is 0 Å². The summed E-state index contributed by atoms with van der Waals surface area (Å²) in [5.74, 6) is -1.54. The van der Waals surface area contributed by atoms with Gasteiger partial charge in [-0.3, -0.25) is 4.79 Å². The van der Waals surface area contributed by atoms with E-state index in [1.807, 2.05) is 25.2 Å². The second kappa shape index (κ2) is 10.1. The maximum absolute atomic E-state index is 14.1. The van der Waals surface area contributed by atoms with E-state index in [1.54, 1.807) is 48.5 Å². The Bertz CT molecular complexity index is 892. The van der Waals surface area contributed by atoms with Gasteiger partial charge in [0.25, 0.3) is 0 Å². The van der Waals surface area contributed by atoms with E-state index in [0.29, 0.717) is 10.6 Å². The summed E-state index contributed by atoms with van der Waals surface area (Å²) >= 11 is 0. The first-order valence-corrected chi connectivity index (χ1v) is 15.2. The van der Waals surface area contributed by atoms with Crippen LogP contribution in [0.5, 0.6) is 0 Å². The number of hydrogen-bond donors (Lipinski definition) is 0. The predicted octanol–water partition coefficient (Wildman–Crippen LogP) is 3.49. The summed E-state index contributed by atoms with van der Waals surface area (Å²) in [7, 11) is -5.51. The summed E-state index contributed by atoms with van der Waals surface area (Å²) in [6, 6.07) is 18.0. The van der Waals surface area contributed by atoms with Crippen LogP contribution in [0, 0.1) is 0 Å². The molecular formula is C24H32O5PSi-. The Hall–Kier alpha value is -2.01. The van der Waals surface area contributed by atoms with Crippen molar-refractivity contribution in [2.75, 3.05) is 6.16 Å². The van der Waals surface area contributed by atoms with Gasteiger partial charge < -0.3 is 18.9 Å². The smallest absolute Gasteiger partial charge is 0.192 e. The van der Waals surface area contributed by atoms with Gasteiger partial charge in [-0.05, 0) is 18.1 Å². The Balaban J connectivity index is 2.29. The maximum atomic E-state index is 14.1. The zero-order valence-electron chi connectivity index (χ0n) is 19.0. The first kappa shape index (κ1) is 25.2. The van der Waals surface area contributed by atoms with Crippen LogP contribution in [0.15, 0.2) is 60.7 Å². The summed E-state index contributed by atoms with van der Waals surface area (Å²) in [4.78, 5) is 24.4. The van der Waals surface area contributed by atoms with E-state index in [0.717, 1.165) is 0 Å². The molecule has 0 N–H and O–H groups in total. The van der Waals surface area contributed by atoms with Crippen LogP contribution in [-0.2, 0) is 18.6 Å². The SMILES string of the molecule is CC(C)(C)[Si](C)(C)OC(CC(=O)[O-])CC(=O)CP(=O)(c1ccccc1)c1ccccc1. The standard InChI is InChI=1S/C24H33O5PSi/c1-24(2,3)31(4,5)29-20(17-23(26)27)16-19(25)18-30(28,21-12-8-6-9-13-21)22-14-10-7-11-15-22/h6-15,20H,16-18H2,1-5H3,(H,26,27)/p-1. The van der Waals surface area contributed by atoms with Crippen molar-refractivity contribution in [2.45, 2.75) is 57.8 Å². The first-order valence-electron chi connectivity index (χ1n) is 10.4. The maximum Gasteiger partial charge on any atom is 0.192 e. The fourth-order valence-electron chi connectivity index (χ4n) is 3.17. The van der Waals surface area contributed by atoms with Gasteiger partial charge in [-0.25, -0.2) is 0 Å². The number of carbonyl (C=O) groups is 2. The van der Waals surface area contributed by atoms with E-state index in [2.05, 4.69) is 20.8 Å². The van der Waals surface area contributed by atoms with E-state index < -0.39 is 27.5 Å². The molecule has 0 amide bonds. The molecule has 2 aromatic carbocycles. The average Bonchev–Trinajstić information content (AvgIpc) is 2.67. The van der Waals surface area contributed by atoms with Crippen molar-refractivity contribution < 1.29 is 23.7 Å². The van der Waals surface area contributed by atoms with E-state index in [9.17, 15) is 19.3 Å². The molecule has 0 aromatic heterocycles. The number of carboxylic acids is 1. The third kappa shape index (κ3) is 6.73. The first-order chi connectivity index (χ1) is 14.3. The Morgan fingerprint density at radius 2 is 1.39 bits per heavy atom. The number of carboxylic acid groups (broad SMARTS) is 1. The van der Waals surface area contributed by atoms with Crippen molar-refractivity contribution in [1.29, 1.82) is 0 Å². The van der Waals surface area contributed by atoms with Crippen LogP contribution in [0.4, 0.5) is 0 Å². The molecule has 0 saturated carbocycles. The minimum absolute atomic E-state index is 0.107. The van der Waals surface area contributed by atoms with Gasteiger partial charge in [-0.1, -0.05) is 81.4 Å². The summed E-state index contributed by atoms with van der Waals surface area (Å²) < 4.78 is 20.3.